The van der Waals surface area contributed by atoms with Gasteiger partial charge in [-0.1, -0.05) is 42.1 Å². The van der Waals surface area contributed by atoms with Crippen LogP contribution < -0.4 is 10.6 Å². The van der Waals surface area contributed by atoms with Crippen LogP contribution in [-0.2, 0) is 16.1 Å². The minimum absolute atomic E-state index is 0.119. The summed E-state index contributed by atoms with van der Waals surface area (Å²) < 4.78 is 6.50. The average Bonchev–Trinajstić information content (AvgIpc) is 3.52. The molecule has 4 rings (SSSR count). The summed E-state index contributed by atoms with van der Waals surface area (Å²) in [6, 6.07) is 9.75. The van der Waals surface area contributed by atoms with E-state index in [1.165, 1.54) is 30.0 Å². The molecule has 3 heterocycles. The van der Waals surface area contributed by atoms with Gasteiger partial charge in [0.05, 0.1) is 11.4 Å². The molecule has 0 unspecified atom stereocenters. The summed E-state index contributed by atoms with van der Waals surface area (Å²) >= 11 is 2.59. The van der Waals surface area contributed by atoms with E-state index in [0.29, 0.717) is 22.7 Å². The molecule has 13 heteroatoms. The van der Waals surface area contributed by atoms with Gasteiger partial charge in [-0.3, -0.25) is 9.59 Å². The number of carbonyl (C=O) groups is 2. The van der Waals surface area contributed by atoms with Crippen LogP contribution in [0.15, 0.2) is 45.5 Å². The van der Waals surface area contributed by atoms with E-state index < -0.39 is 0 Å². The smallest absolute Gasteiger partial charge is 0.236 e. The Kier molecular flexibility index (Phi) is 6.56. The van der Waals surface area contributed by atoms with Gasteiger partial charge in [0.1, 0.15) is 0 Å². The van der Waals surface area contributed by atoms with Crippen molar-refractivity contribution in [3.05, 3.63) is 35.7 Å². The molecular weight excluding hydrogens is 452 g/mol. The van der Waals surface area contributed by atoms with E-state index >= 15 is 0 Å². The number of rotatable bonds is 8. The number of benzene rings is 1. The summed E-state index contributed by atoms with van der Waals surface area (Å²) in [4.78, 5) is 28.2. The van der Waals surface area contributed by atoms with Gasteiger partial charge in [-0.2, -0.15) is 0 Å². The Bertz CT molecular complexity index is 1230. The first-order valence-electron chi connectivity index (χ1n) is 9.52. The number of carbonyl (C=O) groups excluding carboxylic acids is 2. The number of hydrogen-bond acceptors (Lipinski definition) is 10. The quantitative estimate of drug-likeness (QED) is 0.371. The van der Waals surface area contributed by atoms with Crippen LogP contribution in [0.25, 0.3) is 22.8 Å². The van der Waals surface area contributed by atoms with E-state index in [2.05, 4.69) is 36.1 Å². The highest BCUT2D eigenvalue weighted by molar-refractivity contribution is 7.99. The zero-order chi connectivity index (χ0) is 22.5. The molecule has 11 nitrogen and oxygen atoms in total. The van der Waals surface area contributed by atoms with Crippen molar-refractivity contribution in [2.75, 3.05) is 16.4 Å². The number of anilines is 2. The van der Waals surface area contributed by atoms with Crippen LogP contribution in [0.2, 0.25) is 0 Å². The molecule has 1 aromatic carbocycles. The zero-order valence-electron chi connectivity index (χ0n) is 17.1. The largest absolute Gasteiger partial charge is 0.306 e. The van der Waals surface area contributed by atoms with E-state index in [9.17, 15) is 9.59 Å². The highest BCUT2D eigenvalue weighted by atomic mass is 32.2. The third-order valence-electron chi connectivity index (χ3n) is 4.18. The minimum Gasteiger partial charge on any atom is -0.306 e. The molecule has 2 amide bonds. The topological polar surface area (TPSA) is 141 Å². The fraction of sp³-hybridized carbons (Fsp3) is 0.211. The second-order valence-corrected chi connectivity index (χ2v) is 8.23. The van der Waals surface area contributed by atoms with Gasteiger partial charge in [0, 0.05) is 24.4 Å². The van der Waals surface area contributed by atoms with Crippen molar-refractivity contribution in [3.8, 4) is 22.8 Å². The third-order valence-corrected chi connectivity index (χ3v) is 5.90. The molecule has 0 spiro atoms. The lowest BCUT2D eigenvalue weighted by Gasteiger charge is -2.06. The lowest BCUT2D eigenvalue weighted by Crippen LogP contribution is -2.14. The van der Waals surface area contributed by atoms with Crippen LogP contribution in [0.5, 0.6) is 0 Å². The molecule has 0 aliphatic heterocycles. The molecule has 164 valence electrons. The first-order valence-corrected chi connectivity index (χ1v) is 11.4. The monoisotopic (exact) mass is 470 g/mol. The van der Waals surface area contributed by atoms with Gasteiger partial charge in [0.15, 0.2) is 21.8 Å². The molecule has 0 fully saturated rings. The first-order chi connectivity index (χ1) is 15.5. The lowest BCUT2D eigenvalue weighted by molar-refractivity contribution is -0.114. The predicted octanol–water partition coefficient (Wildman–Crippen LogP) is 3.16. The Labute approximate surface area is 190 Å². The molecule has 0 saturated carbocycles. The lowest BCUT2D eigenvalue weighted by atomic mass is 10.2. The average molecular weight is 471 g/mol. The fourth-order valence-corrected chi connectivity index (χ4v) is 4.34. The number of hydrogen-bond donors (Lipinski definition) is 2. The summed E-state index contributed by atoms with van der Waals surface area (Å²) in [5.74, 6) is 0.139. The van der Waals surface area contributed by atoms with Crippen molar-refractivity contribution in [3.63, 3.8) is 0 Å². The van der Waals surface area contributed by atoms with Crippen molar-refractivity contribution in [2.24, 2.45) is 0 Å². The number of thiazole rings is 1. The Morgan fingerprint density at radius 3 is 2.72 bits per heavy atom. The summed E-state index contributed by atoms with van der Waals surface area (Å²) in [5.41, 5.74) is 2.07. The first kappa shape index (κ1) is 21.6. The standard InChI is InChI=1S/C19H18N8O3S2/c1-3-27-17(15-16(20-11(2)28)26-30-25-15)23-24-19(27)32-10-14(29)22-18-21-13(9-31-18)12-7-5-4-6-8-12/h4-9H,3,10H2,1-2H3,(H,20,26,28)(H,21,22,29). The van der Waals surface area contributed by atoms with Gasteiger partial charge < -0.3 is 15.2 Å². The maximum absolute atomic E-state index is 12.4. The number of nitrogens with one attached hydrogen (secondary N) is 2. The van der Waals surface area contributed by atoms with Gasteiger partial charge in [-0.15, -0.1) is 21.5 Å². The Morgan fingerprint density at radius 2 is 1.97 bits per heavy atom. The Morgan fingerprint density at radius 1 is 1.16 bits per heavy atom. The van der Waals surface area contributed by atoms with Crippen LogP contribution >= 0.6 is 23.1 Å². The Hall–Kier alpha value is -3.58. The molecule has 32 heavy (non-hydrogen) atoms. The fourth-order valence-electron chi connectivity index (χ4n) is 2.80. The predicted molar refractivity (Wildman–Crippen MR) is 120 cm³/mol. The van der Waals surface area contributed by atoms with Gasteiger partial charge in [0.25, 0.3) is 0 Å². The Balaban J connectivity index is 1.41. The maximum atomic E-state index is 12.4. The third kappa shape index (κ3) is 4.84. The van der Waals surface area contributed by atoms with Crippen LogP contribution in [0.1, 0.15) is 13.8 Å². The van der Waals surface area contributed by atoms with Crippen LogP contribution in [0.3, 0.4) is 0 Å². The highest BCUT2D eigenvalue weighted by Gasteiger charge is 2.22. The van der Waals surface area contributed by atoms with Crippen LogP contribution in [-0.4, -0.2) is 47.6 Å². The van der Waals surface area contributed by atoms with Gasteiger partial charge in [-0.05, 0) is 17.2 Å². The number of thioether (sulfide) groups is 1. The van der Waals surface area contributed by atoms with E-state index in [1.54, 1.807) is 4.57 Å². The second kappa shape index (κ2) is 9.70. The number of amides is 2. The van der Waals surface area contributed by atoms with Crippen LogP contribution in [0.4, 0.5) is 10.9 Å². The van der Waals surface area contributed by atoms with Crippen molar-refractivity contribution in [1.82, 2.24) is 30.1 Å². The van der Waals surface area contributed by atoms with Crippen molar-refractivity contribution < 1.29 is 14.2 Å². The van der Waals surface area contributed by atoms with E-state index in [-0.39, 0.29) is 29.1 Å². The minimum atomic E-state index is -0.312. The molecule has 0 aliphatic rings. The van der Waals surface area contributed by atoms with Gasteiger partial charge in [-0.25, -0.2) is 9.61 Å². The van der Waals surface area contributed by atoms with Crippen molar-refractivity contribution >= 4 is 45.9 Å². The molecular formula is C19H18N8O3S2. The summed E-state index contributed by atoms with van der Waals surface area (Å²) in [6.45, 7) is 3.78. The van der Waals surface area contributed by atoms with Gasteiger partial charge >= 0.3 is 0 Å². The van der Waals surface area contributed by atoms with Crippen molar-refractivity contribution in [1.29, 1.82) is 0 Å². The normalized spacial score (nSPS) is 10.8. The second-order valence-electron chi connectivity index (χ2n) is 6.43. The summed E-state index contributed by atoms with van der Waals surface area (Å²) in [6.07, 6.45) is 0. The zero-order valence-corrected chi connectivity index (χ0v) is 18.7. The molecule has 0 saturated heterocycles. The molecule has 0 bridgehead atoms. The summed E-state index contributed by atoms with van der Waals surface area (Å²) in [5, 5.41) is 24.1. The molecule has 0 radical (unpaired) electrons. The van der Waals surface area contributed by atoms with E-state index in [0.717, 1.165) is 11.3 Å². The molecule has 0 atom stereocenters. The number of nitrogens with zero attached hydrogens (tertiary/aromatic N) is 6. The van der Waals surface area contributed by atoms with E-state index in [1.807, 2.05) is 42.6 Å². The SMILES string of the molecule is CCn1c(SCC(=O)Nc2nc(-c3ccccc3)cs2)nnc1-c1nonc1NC(C)=O. The van der Waals surface area contributed by atoms with E-state index in [4.69, 9.17) is 4.63 Å². The molecule has 2 N–H and O–H groups in total. The van der Waals surface area contributed by atoms with Gasteiger partial charge in [0.2, 0.25) is 17.6 Å². The molecule has 3 aromatic heterocycles. The maximum Gasteiger partial charge on any atom is 0.236 e. The molecule has 4 aromatic rings. The number of aromatic nitrogens is 6. The van der Waals surface area contributed by atoms with Crippen molar-refractivity contribution in [2.45, 2.75) is 25.5 Å². The highest BCUT2D eigenvalue weighted by Crippen LogP contribution is 2.28. The molecule has 0 aliphatic carbocycles. The summed E-state index contributed by atoms with van der Waals surface area (Å²) in [7, 11) is 0. The van der Waals surface area contributed by atoms with Crippen LogP contribution in [0, 0.1) is 0 Å².